The van der Waals surface area contributed by atoms with E-state index in [-0.39, 0.29) is 17.2 Å². The van der Waals surface area contributed by atoms with E-state index in [0.717, 1.165) is 22.0 Å². The summed E-state index contributed by atoms with van der Waals surface area (Å²) in [4.78, 5) is 13.5. The highest BCUT2D eigenvalue weighted by Gasteiger charge is 2.17. The second-order valence-corrected chi connectivity index (χ2v) is 7.08. The van der Waals surface area contributed by atoms with Crippen molar-refractivity contribution >= 4 is 17.7 Å². The van der Waals surface area contributed by atoms with Gasteiger partial charge in [-0.3, -0.25) is 4.79 Å². The highest BCUT2D eigenvalue weighted by molar-refractivity contribution is 8.00. The fourth-order valence-corrected chi connectivity index (χ4v) is 3.22. The Morgan fingerprint density at radius 2 is 1.64 bits per heavy atom. The first-order valence-electron chi connectivity index (χ1n) is 8.37. The second kappa shape index (κ2) is 9.37. The molecule has 5 heteroatoms. The fraction of sp³-hybridized carbons (Fsp3) is 0.350. The van der Waals surface area contributed by atoms with E-state index in [9.17, 15) is 4.79 Å². The largest absolute Gasteiger partial charge is 0.497 e. The Labute approximate surface area is 153 Å². The van der Waals surface area contributed by atoms with Crippen LogP contribution in [0.4, 0.5) is 0 Å². The summed E-state index contributed by atoms with van der Waals surface area (Å²) in [6, 6.07) is 15.5. The van der Waals surface area contributed by atoms with E-state index in [2.05, 4.69) is 5.32 Å². The molecule has 0 saturated carbocycles. The van der Waals surface area contributed by atoms with E-state index in [1.807, 2.05) is 69.3 Å². The number of hydrogen-bond acceptors (Lipinski definition) is 4. The minimum absolute atomic E-state index is 0.0159. The summed E-state index contributed by atoms with van der Waals surface area (Å²) in [5.41, 5.74) is 1.05. The van der Waals surface area contributed by atoms with E-state index in [1.165, 1.54) is 11.8 Å². The fourth-order valence-electron chi connectivity index (χ4n) is 2.35. The van der Waals surface area contributed by atoms with Gasteiger partial charge in [0.05, 0.1) is 25.0 Å². The maximum Gasteiger partial charge on any atom is 0.233 e. The molecule has 4 nitrogen and oxygen atoms in total. The zero-order valence-electron chi connectivity index (χ0n) is 15.1. The minimum Gasteiger partial charge on any atom is -0.497 e. The maximum absolute atomic E-state index is 12.4. The summed E-state index contributed by atoms with van der Waals surface area (Å²) < 4.78 is 10.6. The number of nitrogens with one attached hydrogen (secondary N) is 1. The number of hydrogen-bond donors (Lipinski definition) is 1. The lowest BCUT2D eigenvalue weighted by atomic mass is 10.1. The quantitative estimate of drug-likeness (QED) is 0.707. The van der Waals surface area contributed by atoms with Crippen molar-refractivity contribution in [3.05, 3.63) is 54.1 Å². The third-order valence-electron chi connectivity index (χ3n) is 3.79. The molecule has 0 heterocycles. The third kappa shape index (κ3) is 5.71. The van der Waals surface area contributed by atoms with Crippen molar-refractivity contribution in [1.82, 2.24) is 5.32 Å². The summed E-state index contributed by atoms with van der Waals surface area (Å²) >= 11 is 1.53. The lowest BCUT2D eigenvalue weighted by molar-refractivity contribution is -0.120. The maximum atomic E-state index is 12.4. The van der Waals surface area contributed by atoms with Crippen LogP contribution in [0.2, 0.25) is 0 Å². The molecule has 0 saturated heterocycles. The zero-order valence-corrected chi connectivity index (χ0v) is 15.9. The molecule has 0 aliphatic heterocycles. The molecule has 134 valence electrons. The van der Waals surface area contributed by atoms with Gasteiger partial charge in [-0.1, -0.05) is 12.1 Å². The first kappa shape index (κ1) is 19.2. The van der Waals surface area contributed by atoms with Gasteiger partial charge in [0, 0.05) is 4.90 Å². The molecule has 0 radical (unpaired) electrons. The molecule has 25 heavy (non-hydrogen) atoms. The Bertz CT molecular complexity index is 670. The number of benzene rings is 2. The Morgan fingerprint density at radius 1 is 1.04 bits per heavy atom. The highest BCUT2D eigenvalue weighted by Crippen LogP contribution is 2.26. The summed E-state index contributed by atoms with van der Waals surface area (Å²) in [6.45, 7) is 6.50. The van der Waals surface area contributed by atoms with Crippen molar-refractivity contribution < 1.29 is 14.3 Å². The van der Waals surface area contributed by atoms with Crippen LogP contribution in [0, 0.1) is 0 Å². The van der Waals surface area contributed by atoms with Crippen molar-refractivity contribution in [2.45, 2.75) is 37.0 Å². The van der Waals surface area contributed by atoms with Crippen LogP contribution in [0.3, 0.4) is 0 Å². The Hall–Kier alpha value is -2.14. The van der Waals surface area contributed by atoms with Gasteiger partial charge in [0.25, 0.3) is 0 Å². The number of ether oxygens (including phenoxy) is 2. The molecular formula is C20H25NO3S. The average molecular weight is 359 g/mol. The van der Waals surface area contributed by atoms with Gasteiger partial charge in [-0.05, 0) is 62.7 Å². The van der Waals surface area contributed by atoms with Crippen LogP contribution in [0.5, 0.6) is 11.5 Å². The molecule has 1 amide bonds. The molecule has 0 aromatic heterocycles. The molecule has 2 aromatic carbocycles. The number of rotatable bonds is 8. The standard InChI is InChI=1S/C20H25NO3S/c1-5-24-18-8-6-16(7-9-18)14(2)21-20(22)15(3)25-19-12-10-17(23-4)11-13-19/h6-15H,5H2,1-4H3,(H,21,22)/t14-,15+/m1/s1. The highest BCUT2D eigenvalue weighted by atomic mass is 32.2. The molecule has 2 atom stereocenters. The SMILES string of the molecule is CCOc1ccc([C@@H](C)NC(=O)[C@H](C)Sc2ccc(OC)cc2)cc1. The smallest absolute Gasteiger partial charge is 0.233 e. The van der Waals surface area contributed by atoms with Gasteiger partial charge in [0.15, 0.2) is 0 Å². The van der Waals surface area contributed by atoms with Crippen LogP contribution >= 0.6 is 11.8 Å². The van der Waals surface area contributed by atoms with Crippen LogP contribution in [-0.4, -0.2) is 24.9 Å². The van der Waals surface area contributed by atoms with E-state index in [1.54, 1.807) is 7.11 Å². The van der Waals surface area contributed by atoms with Crippen LogP contribution in [0.15, 0.2) is 53.4 Å². The zero-order chi connectivity index (χ0) is 18.2. The summed E-state index contributed by atoms with van der Waals surface area (Å²) in [6.07, 6.45) is 0. The van der Waals surface area contributed by atoms with Gasteiger partial charge in [-0.25, -0.2) is 0 Å². The van der Waals surface area contributed by atoms with E-state index in [4.69, 9.17) is 9.47 Å². The molecule has 0 spiro atoms. The third-order valence-corrected chi connectivity index (χ3v) is 4.90. The van der Waals surface area contributed by atoms with Gasteiger partial charge < -0.3 is 14.8 Å². The van der Waals surface area contributed by atoms with Gasteiger partial charge >= 0.3 is 0 Å². The first-order valence-corrected chi connectivity index (χ1v) is 9.25. The Balaban J connectivity index is 1.90. The number of methoxy groups -OCH3 is 1. The van der Waals surface area contributed by atoms with Gasteiger partial charge in [-0.2, -0.15) is 0 Å². The molecule has 2 aromatic rings. The number of amides is 1. The predicted octanol–water partition coefficient (Wildman–Crippen LogP) is 4.45. The molecule has 2 rings (SSSR count). The monoisotopic (exact) mass is 359 g/mol. The Morgan fingerprint density at radius 3 is 2.20 bits per heavy atom. The van der Waals surface area contributed by atoms with E-state index in [0.29, 0.717) is 6.61 Å². The summed E-state index contributed by atoms with van der Waals surface area (Å²) in [5, 5.41) is 2.88. The van der Waals surface area contributed by atoms with Crippen molar-refractivity contribution in [3.8, 4) is 11.5 Å². The molecule has 0 bridgehead atoms. The topological polar surface area (TPSA) is 47.6 Å². The minimum atomic E-state index is -0.182. The van der Waals surface area contributed by atoms with Gasteiger partial charge in [0.1, 0.15) is 11.5 Å². The van der Waals surface area contributed by atoms with Gasteiger partial charge in [0.2, 0.25) is 5.91 Å². The molecule has 1 N–H and O–H groups in total. The van der Waals surface area contributed by atoms with E-state index >= 15 is 0 Å². The predicted molar refractivity (Wildman–Crippen MR) is 102 cm³/mol. The summed E-state index contributed by atoms with van der Waals surface area (Å²) in [7, 11) is 1.64. The van der Waals surface area contributed by atoms with Crippen LogP contribution in [-0.2, 0) is 4.79 Å². The van der Waals surface area contributed by atoms with Crippen LogP contribution in [0.1, 0.15) is 32.4 Å². The number of carbonyl (C=O) groups is 1. The molecule has 0 unspecified atom stereocenters. The van der Waals surface area contributed by atoms with Crippen LogP contribution in [0.25, 0.3) is 0 Å². The number of thioether (sulfide) groups is 1. The van der Waals surface area contributed by atoms with Gasteiger partial charge in [-0.15, -0.1) is 11.8 Å². The lowest BCUT2D eigenvalue weighted by Gasteiger charge is -2.18. The Kier molecular flexibility index (Phi) is 7.19. The lowest BCUT2D eigenvalue weighted by Crippen LogP contribution is -2.33. The van der Waals surface area contributed by atoms with Crippen molar-refractivity contribution in [1.29, 1.82) is 0 Å². The molecule has 0 aliphatic rings. The van der Waals surface area contributed by atoms with Crippen molar-refractivity contribution in [2.24, 2.45) is 0 Å². The van der Waals surface area contributed by atoms with Crippen LogP contribution < -0.4 is 14.8 Å². The van der Waals surface area contributed by atoms with E-state index < -0.39 is 0 Å². The summed E-state index contributed by atoms with van der Waals surface area (Å²) in [5.74, 6) is 1.67. The molecule has 0 aliphatic carbocycles. The first-order chi connectivity index (χ1) is 12.0. The molecular weight excluding hydrogens is 334 g/mol. The van der Waals surface area contributed by atoms with Crippen molar-refractivity contribution in [3.63, 3.8) is 0 Å². The number of carbonyl (C=O) groups excluding carboxylic acids is 1. The average Bonchev–Trinajstić information content (AvgIpc) is 2.63. The van der Waals surface area contributed by atoms with Crippen molar-refractivity contribution in [2.75, 3.05) is 13.7 Å². The normalized spacial score (nSPS) is 13.0. The molecule has 0 fully saturated rings. The second-order valence-electron chi connectivity index (χ2n) is 5.67.